The minimum absolute atomic E-state index is 0.503. The third-order valence-corrected chi connectivity index (χ3v) is 3.81. The van der Waals surface area contributed by atoms with Crippen LogP contribution in [0, 0.1) is 6.92 Å². The molecule has 0 unspecified atom stereocenters. The lowest BCUT2D eigenvalue weighted by atomic mass is 10.1. The van der Waals surface area contributed by atoms with Gasteiger partial charge >= 0.3 is 0 Å². The number of fused-ring (bicyclic) bond motifs is 2. The topological polar surface area (TPSA) is 56.7 Å². The van der Waals surface area contributed by atoms with Crippen molar-refractivity contribution in [3.63, 3.8) is 0 Å². The summed E-state index contributed by atoms with van der Waals surface area (Å²) in [6, 6.07) is 14.3. The van der Waals surface area contributed by atoms with Gasteiger partial charge in [0.2, 0.25) is 5.95 Å². The number of aromatic nitrogens is 3. The van der Waals surface area contributed by atoms with Crippen LogP contribution >= 0.6 is 0 Å². The van der Waals surface area contributed by atoms with Crippen LogP contribution in [0.5, 0.6) is 0 Å². The fraction of sp³-hybridized carbons (Fsp3) is 0.0588. The van der Waals surface area contributed by atoms with Crippen LogP contribution in [-0.4, -0.2) is 14.5 Å². The Labute approximate surface area is 121 Å². The molecule has 4 rings (SSSR count). The van der Waals surface area contributed by atoms with Crippen molar-refractivity contribution in [1.29, 1.82) is 0 Å². The van der Waals surface area contributed by atoms with Gasteiger partial charge in [-0.2, -0.15) is 0 Å². The van der Waals surface area contributed by atoms with E-state index in [9.17, 15) is 0 Å². The van der Waals surface area contributed by atoms with Crippen LogP contribution in [0.15, 0.2) is 54.9 Å². The van der Waals surface area contributed by atoms with Crippen LogP contribution < -0.4 is 5.73 Å². The summed E-state index contributed by atoms with van der Waals surface area (Å²) in [4.78, 5) is 8.70. The van der Waals surface area contributed by atoms with E-state index in [-0.39, 0.29) is 0 Å². The van der Waals surface area contributed by atoms with E-state index in [1.54, 1.807) is 6.20 Å². The van der Waals surface area contributed by atoms with Crippen molar-refractivity contribution in [2.45, 2.75) is 6.92 Å². The Kier molecular flexibility index (Phi) is 2.44. The van der Waals surface area contributed by atoms with Gasteiger partial charge < -0.3 is 5.73 Å². The molecule has 2 aromatic carbocycles. The molecule has 0 saturated carbocycles. The fourth-order valence-electron chi connectivity index (χ4n) is 2.81. The van der Waals surface area contributed by atoms with Gasteiger partial charge in [-0.15, -0.1) is 0 Å². The molecule has 21 heavy (non-hydrogen) atoms. The lowest BCUT2D eigenvalue weighted by molar-refractivity contribution is 1.12. The van der Waals surface area contributed by atoms with E-state index >= 15 is 0 Å². The average Bonchev–Trinajstić information content (AvgIpc) is 2.84. The summed E-state index contributed by atoms with van der Waals surface area (Å²) in [6.07, 6.45) is 3.66. The molecule has 0 aliphatic heterocycles. The molecule has 0 aliphatic carbocycles. The second-order valence-corrected chi connectivity index (χ2v) is 5.12. The zero-order valence-corrected chi connectivity index (χ0v) is 11.6. The highest BCUT2D eigenvalue weighted by Crippen LogP contribution is 2.29. The number of nitrogens with two attached hydrogens (primary N) is 1. The molecule has 4 aromatic rings. The summed E-state index contributed by atoms with van der Waals surface area (Å²) in [5.41, 5.74) is 10.3. The van der Waals surface area contributed by atoms with Crippen molar-refractivity contribution in [2.75, 3.05) is 5.73 Å². The number of para-hydroxylation sites is 1. The van der Waals surface area contributed by atoms with Crippen LogP contribution in [0.1, 0.15) is 5.56 Å². The molecule has 2 aromatic heterocycles. The minimum atomic E-state index is 0.503. The van der Waals surface area contributed by atoms with E-state index in [1.165, 1.54) is 0 Å². The monoisotopic (exact) mass is 274 g/mol. The van der Waals surface area contributed by atoms with Crippen LogP contribution in [0.3, 0.4) is 0 Å². The number of rotatable bonds is 1. The zero-order valence-electron chi connectivity index (χ0n) is 11.6. The maximum absolute atomic E-state index is 6.18. The maximum atomic E-state index is 6.18. The molecule has 102 valence electrons. The first-order chi connectivity index (χ1) is 10.3. The van der Waals surface area contributed by atoms with Crippen molar-refractivity contribution in [3.05, 3.63) is 60.4 Å². The van der Waals surface area contributed by atoms with Crippen molar-refractivity contribution in [2.24, 2.45) is 0 Å². The molecule has 0 fully saturated rings. The number of nitrogens with zero attached hydrogens (tertiary/aromatic N) is 3. The first-order valence-corrected chi connectivity index (χ1v) is 6.82. The standard InChI is InChI=1S/C17H14N4/c1-11-4-2-7-15-16(11)20-17(18)21(15)14-6-3-5-12-10-19-9-8-13(12)14/h2-10H,1H3,(H2,18,20). The molecule has 0 aliphatic rings. The number of hydrogen-bond donors (Lipinski definition) is 1. The number of hydrogen-bond acceptors (Lipinski definition) is 3. The van der Waals surface area contributed by atoms with Gasteiger partial charge in [0.25, 0.3) is 0 Å². The van der Waals surface area contributed by atoms with Gasteiger partial charge in [0, 0.05) is 23.2 Å². The molecular weight excluding hydrogens is 260 g/mol. The van der Waals surface area contributed by atoms with Gasteiger partial charge in [-0.25, -0.2) is 4.98 Å². The summed E-state index contributed by atoms with van der Waals surface area (Å²) >= 11 is 0. The zero-order chi connectivity index (χ0) is 14.4. The molecule has 0 radical (unpaired) electrons. The SMILES string of the molecule is Cc1cccc2c1nc(N)n2-c1cccc2cnccc12. The molecule has 0 bridgehead atoms. The molecule has 2 N–H and O–H groups in total. The summed E-state index contributed by atoms with van der Waals surface area (Å²) in [5.74, 6) is 0.503. The first-order valence-electron chi connectivity index (χ1n) is 6.82. The third kappa shape index (κ3) is 1.69. The van der Waals surface area contributed by atoms with Crippen LogP contribution in [0.2, 0.25) is 0 Å². The molecule has 2 heterocycles. The van der Waals surface area contributed by atoms with Crippen LogP contribution in [-0.2, 0) is 0 Å². The Bertz CT molecular complexity index is 964. The van der Waals surface area contributed by atoms with Gasteiger partial charge in [0.1, 0.15) is 0 Å². The Balaban J connectivity index is 2.14. The molecule has 0 atom stereocenters. The highest BCUT2D eigenvalue weighted by molar-refractivity contribution is 5.93. The smallest absolute Gasteiger partial charge is 0.205 e. The Morgan fingerprint density at radius 3 is 2.81 bits per heavy atom. The molecule has 4 nitrogen and oxygen atoms in total. The number of pyridine rings is 1. The lowest BCUT2D eigenvalue weighted by Crippen LogP contribution is -2.01. The second-order valence-electron chi connectivity index (χ2n) is 5.12. The Morgan fingerprint density at radius 1 is 1.05 bits per heavy atom. The van der Waals surface area contributed by atoms with Crippen molar-refractivity contribution in [3.8, 4) is 5.69 Å². The first kappa shape index (κ1) is 11.9. The summed E-state index contributed by atoms with van der Waals surface area (Å²) < 4.78 is 2.00. The van der Waals surface area contributed by atoms with E-state index in [1.807, 2.05) is 54.1 Å². The Morgan fingerprint density at radius 2 is 1.90 bits per heavy atom. The predicted octanol–water partition coefficient (Wildman–Crippen LogP) is 3.46. The largest absolute Gasteiger partial charge is 0.369 e. The number of aryl methyl sites for hydroxylation is 1. The lowest BCUT2D eigenvalue weighted by Gasteiger charge is -2.10. The highest BCUT2D eigenvalue weighted by Gasteiger charge is 2.13. The average molecular weight is 274 g/mol. The van der Waals surface area contributed by atoms with Crippen molar-refractivity contribution < 1.29 is 0 Å². The van der Waals surface area contributed by atoms with E-state index in [2.05, 4.69) is 16.0 Å². The fourth-order valence-corrected chi connectivity index (χ4v) is 2.81. The van der Waals surface area contributed by atoms with E-state index in [0.717, 1.165) is 33.1 Å². The van der Waals surface area contributed by atoms with Crippen molar-refractivity contribution >= 4 is 27.8 Å². The normalized spacial score (nSPS) is 11.3. The minimum Gasteiger partial charge on any atom is -0.369 e. The van der Waals surface area contributed by atoms with E-state index in [0.29, 0.717) is 5.95 Å². The molecule has 0 amide bonds. The van der Waals surface area contributed by atoms with Gasteiger partial charge in [-0.05, 0) is 30.7 Å². The quantitative estimate of drug-likeness (QED) is 0.578. The maximum Gasteiger partial charge on any atom is 0.205 e. The summed E-state index contributed by atoms with van der Waals surface area (Å²) in [6.45, 7) is 2.05. The summed E-state index contributed by atoms with van der Waals surface area (Å²) in [7, 11) is 0. The van der Waals surface area contributed by atoms with E-state index < -0.39 is 0 Å². The number of benzene rings is 2. The number of anilines is 1. The third-order valence-electron chi connectivity index (χ3n) is 3.81. The highest BCUT2D eigenvalue weighted by atomic mass is 15.2. The molecule has 0 spiro atoms. The second kappa shape index (κ2) is 4.31. The molecule has 4 heteroatoms. The number of nitrogen functional groups attached to an aromatic ring is 1. The number of imidazole rings is 1. The van der Waals surface area contributed by atoms with Gasteiger partial charge in [-0.1, -0.05) is 24.3 Å². The van der Waals surface area contributed by atoms with Gasteiger partial charge in [0.15, 0.2) is 0 Å². The van der Waals surface area contributed by atoms with Gasteiger partial charge in [-0.3, -0.25) is 9.55 Å². The predicted molar refractivity (Wildman–Crippen MR) is 85.5 cm³/mol. The van der Waals surface area contributed by atoms with Crippen LogP contribution in [0.25, 0.3) is 27.5 Å². The van der Waals surface area contributed by atoms with Crippen molar-refractivity contribution in [1.82, 2.24) is 14.5 Å². The van der Waals surface area contributed by atoms with E-state index in [4.69, 9.17) is 5.73 Å². The molecular formula is C17H14N4. The van der Waals surface area contributed by atoms with Gasteiger partial charge in [0.05, 0.1) is 16.7 Å². The Hall–Kier alpha value is -2.88. The van der Waals surface area contributed by atoms with Crippen LogP contribution in [0.4, 0.5) is 5.95 Å². The summed E-state index contributed by atoms with van der Waals surface area (Å²) in [5, 5.41) is 2.20. The molecule has 0 saturated heterocycles.